The number of aromatic nitrogens is 2. The van der Waals surface area contributed by atoms with E-state index in [1.807, 2.05) is 13.8 Å². The van der Waals surface area contributed by atoms with Crippen molar-refractivity contribution in [2.24, 2.45) is 0 Å². The Hall–Kier alpha value is -2.41. The molecular weight excluding hydrogens is 286 g/mol. The van der Waals surface area contributed by atoms with E-state index in [9.17, 15) is 14.7 Å². The molecule has 7 heteroatoms. The third-order valence-electron chi connectivity index (χ3n) is 3.15. The lowest BCUT2D eigenvalue weighted by molar-refractivity contribution is 0.0939. The molecule has 22 heavy (non-hydrogen) atoms. The van der Waals surface area contributed by atoms with Crippen LogP contribution in [0.4, 0.5) is 0 Å². The number of hydrogen-bond donors (Lipinski definition) is 2. The van der Waals surface area contributed by atoms with Gasteiger partial charge in [0.2, 0.25) is 5.88 Å². The summed E-state index contributed by atoms with van der Waals surface area (Å²) in [7, 11) is 0. The number of carbonyl (C=O) groups is 1. The molecule has 0 aliphatic heterocycles. The second-order valence-corrected chi connectivity index (χ2v) is 4.85. The van der Waals surface area contributed by atoms with Crippen molar-refractivity contribution in [2.75, 3.05) is 19.8 Å². The van der Waals surface area contributed by atoms with Crippen LogP contribution in [0.1, 0.15) is 29.3 Å². The maximum Gasteiger partial charge on any atom is 0.274 e. The molecule has 0 unspecified atom stereocenters. The van der Waals surface area contributed by atoms with Gasteiger partial charge in [-0.25, -0.2) is 0 Å². The maximum atomic E-state index is 12.3. The molecule has 2 heterocycles. The van der Waals surface area contributed by atoms with Crippen LogP contribution in [-0.2, 0) is 4.74 Å². The molecule has 2 N–H and O–H groups in total. The summed E-state index contributed by atoms with van der Waals surface area (Å²) >= 11 is 0. The van der Waals surface area contributed by atoms with E-state index >= 15 is 0 Å². The van der Waals surface area contributed by atoms with E-state index in [4.69, 9.17) is 4.74 Å². The van der Waals surface area contributed by atoms with Gasteiger partial charge in [-0.05, 0) is 38.0 Å². The highest BCUT2D eigenvalue weighted by Gasteiger charge is 2.19. The average Bonchev–Trinajstić information content (AvgIpc) is 2.46. The lowest BCUT2D eigenvalue weighted by atomic mass is 10.2. The lowest BCUT2D eigenvalue weighted by Crippen LogP contribution is -2.32. The van der Waals surface area contributed by atoms with Gasteiger partial charge in [0.1, 0.15) is 5.65 Å². The zero-order chi connectivity index (χ0) is 16.1. The molecule has 0 bridgehead atoms. The van der Waals surface area contributed by atoms with Gasteiger partial charge in [-0.1, -0.05) is 0 Å². The van der Waals surface area contributed by atoms with Crippen molar-refractivity contribution in [3.05, 3.63) is 39.8 Å². The van der Waals surface area contributed by atoms with Gasteiger partial charge in [-0.2, -0.15) is 4.98 Å². The van der Waals surface area contributed by atoms with Crippen LogP contribution in [-0.4, -0.2) is 40.2 Å². The van der Waals surface area contributed by atoms with E-state index < -0.39 is 17.3 Å². The van der Waals surface area contributed by atoms with E-state index in [0.29, 0.717) is 31.8 Å². The predicted molar refractivity (Wildman–Crippen MR) is 81.3 cm³/mol. The molecule has 0 saturated carbocycles. The summed E-state index contributed by atoms with van der Waals surface area (Å²) in [5.41, 5.74) is 0.261. The third-order valence-corrected chi connectivity index (χ3v) is 3.15. The fraction of sp³-hybridized carbons (Fsp3) is 0.400. The first-order valence-electron chi connectivity index (χ1n) is 7.12. The highest BCUT2D eigenvalue weighted by molar-refractivity contribution is 5.96. The van der Waals surface area contributed by atoms with Crippen molar-refractivity contribution >= 4 is 11.6 Å². The number of aryl methyl sites for hydroxylation is 1. The maximum absolute atomic E-state index is 12.3. The molecule has 7 nitrogen and oxygen atoms in total. The van der Waals surface area contributed by atoms with Crippen molar-refractivity contribution in [2.45, 2.75) is 20.3 Å². The summed E-state index contributed by atoms with van der Waals surface area (Å²) < 4.78 is 6.40. The van der Waals surface area contributed by atoms with Gasteiger partial charge in [-0.15, -0.1) is 0 Å². The zero-order valence-electron chi connectivity index (χ0n) is 12.6. The summed E-state index contributed by atoms with van der Waals surface area (Å²) in [6.07, 6.45) is 2.16. The molecule has 0 spiro atoms. The molecule has 1 amide bonds. The molecule has 2 rings (SSSR count). The van der Waals surface area contributed by atoms with Crippen LogP contribution >= 0.6 is 0 Å². The molecule has 0 aliphatic carbocycles. The van der Waals surface area contributed by atoms with Crippen LogP contribution < -0.4 is 10.9 Å². The number of rotatable bonds is 6. The number of hydrogen-bond acceptors (Lipinski definition) is 5. The molecule has 0 atom stereocenters. The first-order valence-corrected chi connectivity index (χ1v) is 7.12. The highest BCUT2D eigenvalue weighted by atomic mass is 16.5. The molecule has 0 saturated heterocycles. The van der Waals surface area contributed by atoms with Gasteiger partial charge in [0.15, 0.2) is 5.56 Å². The fourth-order valence-corrected chi connectivity index (χ4v) is 2.04. The normalized spacial score (nSPS) is 10.8. The second kappa shape index (κ2) is 7.04. The van der Waals surface area contributed by atoms with E-state index in [2.05, 4.69) is 10.3 Å². The van der Waals surface area contributed by atoms with Crippen molar-refractivity contribution in [3.63, 3.8) is 0 Å². The van der Waals surface area contributed by atoms with Gasteiger partial charge >= 0.3 is 0 Å². The van der Waals surface area contributed by atoms with Gasteiger partial charge in [0, 0.05) is 26.0 Å². The van der Waals surface area contributed by atoms with Crippen LogP contribution in [0.3, 0.4) is 0 Å². The SMILES string of the molecule is CCOCCCNC(=O)c1c(O)nc2cc(C)ccn2c1=O. The number of fused-ring (bicyclic) bond motifs is 1. The molecule has 0 aliphatic rings. The Balaban J connectivity index is 2.22. The Labute approximate surface area is 127 Å². The Morgan fingerprint density at radius 3 is 3.00 bits per heavy atom. The molecular formula is C15H19N3O4. The minimum atomic E-state index is -0.638. The summed E-state index contributed by atoms with van der Waals surface area (Å²) in [6.45, 7) is 5.23. The number of ether oxygens (including phenoxy) is 1. The Bertz CT molecular complexity index is 739. The smallest absolute Gasteiger partial charge is 0.274 e. The van der Waals surface area contributed by atoms with Crippen molar-refractivity contribution in [3.8, 4) is 5.88 Å². The molecule has 2 aromatic heterocycles. The van der Waals surface area contributed by atoms with Crippen LogP contribution in [0.5, 0.6) is 5.88 Å². The molecule has 118 valence electrons. The largest absolute Gasteiger partial charge is 0.493 e. The molecule has 2 aromatic rings. The van der Waals surface area contributed by atoms with E-state index in [1.54, 1.807) is 12.1 Å². The first-order chi connectivity index (χ1) is 10.5. The number of carbonyl (C=O) groups excluding carboxylic acids is 1. The van der Waals surface area contributed by atoms with Gasteiger partial charge < -0.3 is 15.2 Å². The van der Waals surface area contributed by atoms with E-state index in [1.165, 1.54) is 10.6 Å². The van der Waals surface area contributed by atoms with E-state index in [-0.39, 0.29) is 5.56 Å². The predicted octanol–water partition coefficient (Wildman–Crippen LogP) is 0.865. The Morgan fingerprint density at radius 2 is 2.27 bits per heavy atom. The topological polar surface area (TPSA) is 92.9 Å². The Morgan fingerprint density at radius 1 is 1.50 bits per heavy atom. The third kappa shape index (κ3) is 3.43. The number of amides is 1. The quantitative estimate of drug-likeness (QED) is 0.772. The summed E-state index contributed by atoms with van der Waals surface area (Å²) in [5, 5.41) is 12.5. The van der Waals surface area contributed by atoms with Crippen molar-refractivity contribution < 1.29 is 14.6 Å². The van der Waals surface area contributed by atoms with Crippen LogP contribution in [0, 0.1) is 6.92 Å². The fourth-order valence-electron chi connectivity index (χ4n) is 2.04. The summed E-state index contributed by atoms with van der Waals surface area (Å²) in [5.74, 6) is -1.20. The number of pyridine rings is 1. The minimum absolute atomic E-state index is 0.301. The van der Waals surface area contributed by atoms with Gasteiger partial charge in [-0.3, -0.25) is 14.0 Å². The van der Waals surface area contributed by atoms with Gasteiger partial charge in [0.05, 0.1) is 0 Å². The van der Waals surface area contributed by atoms with Gasteiger partial charge in [0.25, 0.3) is 11.5 Å². The zero-order valence-corrected chi connectivity index (χ0v) is 12.6. The van der Waals surface area contributed by atoms with E-state index in [0.717, 1.165) is 5.56 Å². The Kier molecular flexibility index (Phi) is 5.11. The molecule has 0 aromatic carbocycles. The summed E-state index contributed by atoms with van der Waals surface area (Å²) in [4.78, 5) is 28.3. The average molecular weight is 305 g/mol. The summed E-state index contributed by atoms with van der Waals surface area (Å²) in [6, 6.07) is 3.39. The lowest BCUT2D eigenvalue weighted by Gasteiger charge is -2.08. The number of aromatic hydroxyl groups is 1. The monoisotopic (exact) mass is 305 g/mol. The highest BCUT2D eigenvalue weighted by Crippen LogP contribution is 2.12. The van der Waals surface area contributed by atoms with Crippen LogP contribution in [0.25, 0.3) is 5.65 Å². The van der Waals surface area contributed by atoms with Crippen LogP contribution in [0.15, 0.2) is 23.1 Å². The van der Waals surface area contributed by atoms with Crippen molar-refractivity contribution in [1.29, 1.82) is 0 Å². The molecule has 0 radical (unpaired) electrons. The number of nitrogens with zero attached hydrogens (tertiary/aromatic N) is 2. The van der Waals surface area contributed by atoms with Crippen molar-refractivity contribution in [1.82, 2.24) is 14.7 Å². The number of nitrogens with one attached hydrogen (secondary N) is 1. The second-order valence-electron chi connectivity index (χ2n) is 4.85. The molecule has 0 fully saturated rings. The first kappa shape index (κ1) is 16.0. The standard InChI is InChI=1S/C15H19N3O4/c1-3-22-8-4-6-16-13(19)12-14(20)17-11-9-10(2)5-7-18(11)15(12)21/h5,7,9,20H,3-4,6,8H2,1-2H3,(H,16,19). The minimum Gasteiger partial charge on any atom is -0.493 e. The van der Waals surface area contributed by atoms with Crippen LogP contribution in [0.2, 0.25) is 0 Å².